The first-order chi connectivity index (χ1) is 7.54. The summed E-state index contributed by atoms with van der Waals surface area (Å²) in [6.07, 6.45) is 0.973. The van der Waals surface area contributed by atoms with Crippen LogP contribution in [0.2, 0.25) is 9.56 Å². The van der Waals surface area contributed by atoms with E-state index in [1.54, 1.807) is 0 Å². The molecule has 0 aromatic heterocycles. The highest BCUT2D eigenvalue weighted by Gasteiger charge is 2.30. The molecule has 0 aliphatic rings. The second kappa shape index (κ2) is 6.45. The molecule has 0 bridgehead atoms. The molecule has 88 valence electrons. The zero-order valence-corrected chi connectivity index (χ0v) is 11.9. The van der Waals surface area contributed by atoms with Gasteiger partial charge in [0.1, 0.15) is 0 Å². The number of hydrogen-bond acceptors (Lipinski definition) is 1. The monoisotopic (exact) mass is 234 g/mol. The number of hydrogen-bond donors (Lipinski definition) is 1. The minimum absolute atomic E-state index is 0.342. The van der Waals surface area contributed by atoms with E-state index in [1.807, 2.05) is 0 Å². The summed E-state index contributed by atoms with van der Waals surface area (Å²) in [4.78, 5) is 0. The average Bonchev–Trinajstić information content (AvgIpc) is 2.24. The van der Waals surface area contributed by atoms with E-state index < -0.39 is 14.1 Å². The van der Waals surface area contributed by atoms with Gasteiger partial charge in [-0.2, -0.15) is 0 Å². The van der Waals surface area contributed by atoms with Crippen molar-refractivity contribution in [2.24, 2.45) is 0 Å². The van der Waals surface area contributed by atoms with Crippen LogP contribution in [0.4, 0.5) is 0 Å². The average molecular weight is 234 g/mol. The molecule has 1 aromatic rings. The van der Waals surface area contributed by atoms with Crippen LogP contribution in [-0.2, 0) is 5.28 Å². The Kier molecular flexibility index (Phi) is 5.55. The van der Waals surface area contributed by atoms with Gasteiger partial charge >= 0.3 is 0 Å². The van der Waals surface area contributed by atoms with E-state index in [4.69, 9.17) is 5.11 Å². The molecule has 0 atom stereocenters. The highest BCUT2D eigenvalue weighted by atomic mass is 27.2. The van der Waals surface area contributed by atoms with Crippen molar-refractivity contribution >= 4 is 14.1 Å². The lowest BCUT2D eigenvalue weighted by molar-refractivity contribution is 0.294. The van der Waals surface area contributed by atoms with Gasteiger partial charge in [-0.1, -0.05) is 71.5 Å². The van der Waals surface area contributed by atoms with Crippen LogP contribution in [0.1, 0.15) is 32.8 Å². The fourth-order valence-corrected chi connectivity index (χ4v) is 5.28. The molecule has 16 heavy (non-hydrogen) atoms. The largest absolute Gasteiger partial charge is 0.396 e. The zero-order chi connectivity index (χ0) is 12.0. The Labute approximate surface area is 104 Å². The van der Waals surface area contributed by atoms with Crippen LogP contribution in [0.15, 0.2) is 30.3 Å². The van der Waals surface area contributed by atoms with Crippen molar-refractivity contribution in [2.75, 3.05) is 6.61 Å². The molecule has 1 aromatic carbocycles. The van der Waals surface area contributed by atoms with E-state index in [1.165, 1.54) is 16.1 Å². The van der Waals surface area contributed by atoms with Crippen molar-refractivity contribution in [1.29, 1.82) is 0 Å². The quantitative estimate of drug-likeness (QED) is 0.774. The van der Waals surface area contributed by atoms with Crippen LogP contribution < -0.4 is 0 Å². The van der Waals surface area contributed by atoms with Crippen molar-refractivity contribution in [3.63, 3.8) is 0 Å². The van der Waals surface area contributed by atoms with Crippen molar-refractivity contribution in [1.82, 2.24) is 0 Å². The van der Waals surface area contributed by atoms with E-state index in [2.05, 4.69) is 51.1 Å². The van der Waals surface area contributed by atoms with Crippen molar-refractivity contribution in [3.05, 3.63) is 35.9 Å². The Bertz CT molecular complexity index is 289. The van der Waals surface area contributed by atoms with Gasteiger partial charge in [0, 0.05) is 6.61 Å². The van der Waals surface area contributed by atoms with Crippen LogP contribution in [-0.4, -0.2) is 25.9 Å². The maximum atomic E-state index is 8.97. The fraction of sp³-hybridized carbons (Fsp3) is 0.571. The van der Waals surface area contributed by atoms with Gasteiger partial charge in [-0.3, -0.25) is 0 Å². The van der Waals surface area contributed by atoms with Gasteiger partial charge in [-0.05, 0) is 6.42 Å². The molecule has 1 nitrogen and oxygen atoms in total. The molecule has 0 aliphatic heterocycles. The van der Waals surface area contributed by atoms with Crippen LogP contribution in [0.25, 0.3) is 0 Å². The maximum absolute atomic E-state index is 8.97. The molecular formula is C14H23AlO. The molecule has 2 heteroatoms. The Hall–Kier alpha value is -0.288. The first-order valence-corrected chi connectivity index (χ1v) is 8.40. The van der Waals surface area contributed by atoms with Crippen molar-refractivity contribution in [2.45, 2.75) is 42.0 Å². The summed E-state index contributed by atoms with van der Waals surface area (Å²) in [6, 6.07) is 10.8. The topological polar surface area (TPSA) is 20.2 Å². The first kappa shape index (κ1) is 13.8. The molecule has 0 radical (unpaired) electrons. The molecular weight excluding hydrogens is 211 g/mol. The maximum Gasteiger partial charge on any atom is 0.273 e. The van der Waals surface area contributed by atoms with E-state index in [0.717, 1.165) is 6.42 Å². The summed E-state index contributed by atoms with van der Waals surface area (Å²) in [6.45, 7) is 7.40. The third-order valence-corrected chi connectivity index (χ3v) is 7.78. The smallest absolute Gasteiger partial charge is 0.273 e. The van der Waals surface area contributed by atoms with Crippen LogP contribution >= 0.6 is 0 Å². The van der Waals surface area contributed by atoms with Gasteiger partial charge in [-0.15, -0.1) is 0 Å². The van der Waals surface area contributed by atoms with Gasteiger partial charge in [0.25, 0.3) is 14.1 Å². The van der Waals surface area contributed by atoms with Crippen LogP contribution in [0.3, 0.4) is 0 Å². The summed E-state index contributed by atoms with van der Waals surface area (Å²) in [5.74, 6) is 0. The first-order valence-electron chi connectivity index (χ1n) is 6.19. The van der Waals surface area contributed by atoms with Crippen LogP contribution in [0.5, 0.6) is 0 Å². The number of benzene rings is 1. The third-order valence-electron chi connectivity index (χ3n) is 3.26. The van der Waals surface area contributed by atoms with Crippen LogP contribution in [0, 0.1) is 0 Å². The second-order valence-corrected chi connectivity index (χ2v) is 9.73. The Balaban J connectivity index is 2.64. The molecule has 0 spiro atoms. The molecule has 1 N–H and O–H groups in total. The predicted molar refractivity (Wildman–Crippen MR) is 72.1 cm³/mol. The molecule has 0 saturated heterocycles. The predicted octanol–water partition coefficient (Wildman–Crippen LogP) is 3.45. The number of aliphatic hydroxyl groups is 1. The molecule has 0 unspecified atom stereocenters. The minimum Gasteiger partial charge on any atom is -0.396 e. The standard InChI is InChI=1S/C7H7.C4H9.C3H7O.Al/c1-7-5-3-2-4-6-7;1-4(2)3;1-2-3-4;/h2-6H,1H2;1-3H3;4H,1-3H2;. The highest BCUT2D eigenvalue weighted by Crippen LogP contribution is 2.31. The van der Waals surface area contributed by atoms with Crippen molar-refractivity contribution in [3.8, 4) is 0 Å². The van der Waals surface area contributed by atoms with Crippen molar-refractivity contribution < 1.29 is 5.11 Å². The van der Waals surface area contributed by atoms with E-state index in [-0.39, 0.29) is 0 Å². The molecule has 0 amide bonds. The number of aliphatic hydroxyl groups excluding tert-OH is 1. The molecule has 0 fully saturated rings. The normalized spacial score (nSPS) is 11.5. The lowest BCUT2D eigenvalue weighted by Crippen LogP contribution is -2.28. The summed E-state index contributed by atoms with van der Waals surface area (Å²) in [5, 5.41) is 11.5. The molecule has 1 rings (SSSR count). The Morgan fingerprint density at radius 3 is 2.25 bits per heavy atom. The molecule has 0 saturated carbocycles. The van der Waals surface area contributed by atoms with Gasteiger partial charge in [0.15, 0.2) is 0 Å². The highest BCUT2D eigenvalue weighted by molar-refractivity contribution is 6.61. The minimum atomic E-state index is -0.826. The summed E-state index contributed by atoms with van der Waals surface area (Å²) >= 11 is -0.826. The summed E-state index contributed by atoms with van der Waals surface area (Å²) < 4.78 is 0.449. The fourth-order valence-electron chi connectivity index (χ4n) is 2.08. The zero-order valence-electron chi connectivity index (χ0n) is 10.7. The van der Waals surface area contributed by atoms with Gasteiger partial charge in [-0.25, -0.2) is 0 Å². The lowest BCUT2D eigenvalue weighted by atomic mass is 10.2. The lowest BCUT2D eigenvalue weighted by Gasteiger charge is -2.26. The Morgan fingerprint density at radius 2 is 1.75 bits per heavy atom. The van der Waals surface area contributed by atoms with Gasteiger partial charge < -0.3 is 5.11 Å². The summed E-state index contributed by atoms with van der Waals surface area (Å²) in [5.41, 5.74) is 1.46. The molecule has 0 aliphatic carbocycles. The SMILES string of the molecule is C[C](C)(C)[Al]([CH2]CCO)[CH2]c1ccccc1. The van der Waals surface area contributed by atoms with E-state index >= 15 is 0 Å². The second-order valence-electron chi connectivity index (χ2n) is 5.62. The van der Waals surface area contributed by atoms with E-state index in [9.17, 15) is 0 Å². The van der Waals surface area contributed by atoms with Gasteiger partial charge in [0.05, 0.1) is 0 Å². The summed E-state index contributed by atoms with van der Waals surface area (Å²) in [7, 11) is 0. The third kappa shape index (κ3) is 4.70. The van der Waals surface area contributed by atoms with E-state index in [0.29, 0.717) is 10.9 Å². The number of rotatable bonds is 5. The molecule has 0 heterocycles. The van der Waals surface area contributed by atoms with Gasteiger partial charge in [0.2, 0.25) is 0 Å². The Morgan fingerprint density at radius 1 is 1.12 bits per heavy atom.